The number of H-pyrrole nitrogens is 1. The number of aromatic amines is 1. The first-order chi connectivity index (χ1) is 20.5. The van der Waals surface area contributed by atoms with E-state index >= 15 is 0 Å². The minimum absolute atomic E-state index is 0.724. The van der Waals surface area contributed by atoms with Crippen LogP contribution in [-0.4, -0.2) is 19.5 Å². The SMILES string of the molecule is CCC1=C(C#N)c2nc1c(CC)c1c(CC)c(CC)c(c(CC)c3nc(c(CC)c4ccc([nH]4)c2CC)C=C3)n1CC. The Hall–Kier alpha value is -3.91. The molecule has 3 aromatic heterocycles. The summed E-state index contributed by atoms with van der Waals surface area (Å²) in [6, 6.07) is 6.90. The predicted octanol–water partition coefficient (Wildman–Crippen LogP) is 9.20. The van der Waals surface area contributed by atoms with Crippen molar-refractivity contribution in [3.05, 3.63) is 68.3 Å². The Bertz CT molecular complexity index is 1820. The topological polar surface area (TPSA) is 70.3 Å². The predicted molar refractivity (Wildman–Crippen MR) is 178 cm³/mol. The van der Waals surface area contributed by atoms with Gasteiger partial charge in [-0.3, -0.25) is 0 Å². The van der Waals surface area contributed by atoms with Gasteiger partial charge < -0.3 is 9.55 Å². The van der Waals surface area contributed by atoms with Crippen LogP contribution in [0.2, 0.25) is 0 Å². The third-order valence-corrected chi connectivity index (χ3v) is 9.16. The van der Waals surface area contributed by atoms with Crippen LogP contribution in [0.25, 0.3) is 45.4 Å². The summed E-state index contributed by atoms with van der Waals surface area (Å²) in [6.45, 7) is 18.7. The van der Waals surface area contributed by atoms with Crippen LogP contribution in [0.1, 0.15) is 118 Å². The van der Waals surface area contributed by atoms with Gasteiger partial charge in [0, 0.05) is 39.8 Å². The Labute approximate surface area is 251 Å². The maximum absolute atomic E-state index is 10.5. The van der Waals surface area contributed by atoms with Crippen molar-refractivity contribution in [1.82, 2.24) is 19.5 Å². The lowest BCUT2D eigenvalue weighted by molar-refractivity contribution is 0.810. The minimum atomic E-state index is 0.724. The average molecular weight is 560 g/mol. The van der Waals surface area contributed by atoms with Gasteiger partial charge in [0.2, 0.25) is 0 Å². The number of hydrogen-bond donors (Lipinski definition) is 1. The zero-order chi connectivity index (χ0) is 30.1. The second kappa shape index (κ2) is 12.1. The normalized spacial score (nSPS) is 12.8. The van der Waals surface area contributed by atoms with Gasteiger partial charge in [-0.15, -0.1) is 0 Å². The summed E-state index contributed by atoms with van der Waals surface area (Å²) >= 11 is 0. The van der Waals surface area contributed by atoms with Crippen LogP contribution in [-0.2, 0) is 45.1 Å². The Morgan fingerprint density at radius 3 is 1.64 bits per heavy atom. The molecule has 5 rings (SSSR count). The maximum Gasteiger partial charge on any atom is 0.102 e. The molecule has 218 valence electrons. The molecule has 5 heterocycles. The molecule has 0 amide bonds. The molecule has 0 aromatic carbocycles. The van der Waals surface area contributed by atoms with Gasteiger partial charge in [0.15, 0.2) is 0 Å². The summed E-state index contributed by atoms with van der Waals surface area (Å²) in [5, 5.41) is 10.5. The van der Waals surface area contributed by atoms with Crippen LogP contribution in [0.5, 0.6) is 0 Å². The van der Waals surface area contributed by atoms with E-state index < -0.39 is 0 Å². The van der Waals surface area contributed by atoms with Gasteiger partial charge in [-0.1, -0.05) is 48.5 Å². The van der Waals surface area contributed by atoms with Gasteiger partial charge in [-0.2, -0.15) is 5.26 Å². The summed E-state index contributed by atoms with van der Waals surface area (Å²) in [4.78, 5) is 14.4. The molecule has 0 atom stereocenters. The first-order valence-corrected chi connectivity index (χ1v) is 16.1. The van der Waals surface area contributed by atoms with Crippen molar-refractivity contribution in [2.75, 3.05) is 0 Å². The number of allylic oxidation sites excluding steroid dienone is 2. The summed E-state index contributed by atoms with van der Waals surface area (Å²) < 4.78 is 2.54. The highest BCUT2D eigenvalue weighted by Crippen LogP contribution is 2.40. The number of nitrogens with zero attached hydrogens (tertiary/aromatic N) is 4. The van der Waals surface area contributed by atoms with Crippen LogP contribution in [0.3, 0.4) is 0 Å². The zero-order valence-corrected chi connectivity index (χ0v) is 26.8. The number of aryl methyl sites for hydroxylation is 7. The molecular formula is C37H45N5. The first-order valence-electron chi connectivity index (χ1n) is 16.1. The largest absolute Gasteiger partial charge is 0.355 e. The Morgan fingerprint density at radius 1 is 0.619 bits per heavy atom. The summed E-state index contributed by atoms with van der Waals surface area (Å²) in [6.07, 6.45) is 10.5. The van der Waals surface area contributed by atoms with Gasteiger partial charge in [0.25, 0.3) is 0 Å². The summed E-state index contributed by atoms with van der Waals surface area (Å²) in [5.41, 5.74) is 18.1. The van der Waals surface area contributed by atoms with E-state index in [9.17, 15) is 5.26 Å². The number of nitriles is 1. The lowest BCUT2D eigenvalue weighted by Gasteiger charge is -2.12. The molecule has 42 heavy (non-hydrogen) atoms. The van der Waals surface area contributed by atoms with E-state index in [2.05, 4.69) is 95.3 Å². The van der Waals surface area contributed by atoms with Crippen molar-refractivity contribution >= 4 is 45.4 Å². The fraction of sp³-hybridized carbons (Fsp3) is 0.432. The molecule has 0 saturated heterocycles. The van der Waals surface area contributed by atoms with Gasteiger partial charge in [-0.05, 0) is 92.9 Å². The molecule has 2 aliphatic rings. The highest BCUT2D eigenvalue weighted by molar-refractivity contribution is 6.01. The molecule has 0 aliphatic carbocycles. The van der Waals surface area contributed by atoms with Crippen molar-refractivity contribution in [3.8, 4) is 6.07 Å². The Balaban J connectivity index is 2.20. The van der Waals surface area contributed by atoms with E-state index in [1.807, 2.05) is 0 Å². The number of nitrogens with one attached hydrogen (secondary N) is 1. The van der Waals surface area contributed by atoms with E-state index in [4.69, 9.17) is 9.97 Å². The molecular weight excluding hydrogens is 514 g/mol. The smallest absolute Gasteiger partial charge is 0.102 e. The highest BCUT2D eigenvalue weighted by Gasteiger charge is 2.27. The molecule has 0 saturated carbocycles. The van der Waals surface area contributed by atoms with Crippen LogP contribution in [0, 0.1) is 11.3 Å². The standard InChI is InChI=1S/C37H45N5/c1-9-22-29(21-38)35-26(13-5)32-19-17-30(39-32)25(12-4)31-18-20-33(40-31)27(14-6)36-23(10-2)24(11-3)37(42(36)16-8)28(15-7)34(22)41-35/h17-20,39H,9-16H2,1-8H3. The molecule has 0 spiro atoms. The minimum Gasteiger partial charge on any atom is -0.355 e. The highest BCUT2D eigenvalue weighted by atomic mass is 15.0. The van der Waals surface area contributed by atoms with Crippen molar-refractivity contribution in [2.24, 2.45) is 0 Å². The van der Waals surface area contributed by atoms with E-state index in [1.54, 1.807) is 0 Å². The van der Waals surface area contributed by atoms with Crippen molar-refractivity contribution < 1.29 is 0 Å². The van der Waals surface area contributed by atoms with Crippen LogP contribution < -0.4 is 0 Å². The average Bonchev–Trinajstić information content (AvgIpc) is 3.80. The van der Waals surface area contributed by atoms with E-state index in [0.29, 0.717) is 0 Å². The van der Waals surface area contributed by atoms with Crippen LogP contribution in [0.15, 0.2) is 12.1 Å². The number of hydrogen-bond acceptors (Lipinski definition) is 3. The van der Waals surface area contributed by atoms with Crippen molar-refractivity contribution in [2.45, 2.75) is 107 Å². The Kier molecular flexibility index (Phi) is 8.55. The fourth-order valence-electron chi connectivity index (χ4n) is 7.28. The van der Waals surface area contributed by atoms with E-state index in [-0.39, 0.29) is 0 Å². The molecule has 1 N–H and O–H groups in total. The van der Waals surface area contributed by atoms with Crippen molar-refractivity contribution in [1.29, 1.82) is 5.26 Å². The third kappa shape index (κ3) is 4.44. The van der Waals surface area contributed by atoms with Crippen LogP contribution >= 0.6 is 0 Å². The quantitative estimate of drug-likeness (QED) is 0.234. The van der Waals surface area contributed by atoms with Gasteiger partial charge in [0.1, 0.15) is 6.07 Å². The second-order valence-electron chi connectivity index (χ2n) is 11.1. The number of rotatable bonds is 8. The first kappa shape index (κ1) is 29.6. The lowest BCUT2D eigenvalue weighted by atomic mass is 9.95. The zero-order valence-electron chi connectivity index (χ0n) is 26.8. The second-order valence-corrected chi connectivity index (χ2v) is 11.1. The number of aromatic nitrogens is 4. The third-order valence-electron chi connectivity index (χ3n) is 9.16. The molecule has 0 radical (unpaired) electrons. The molecule has 5 nitrogen and oxygen atoms in total. The molecule has 5 heteroatoms. The summed E-state index contributed by atoms with van der Waals surface area (Å²) in [7, 11) is 0. The molecule has 3 aromatic rings. The van der Waals surface area contributed by atoms with Gasteiger partial charge >= 0.3 is 0 Å². The van der Waals surface area contributed by atoms with E-state index in [0.717, 1.165) is 102 Å². The molecule has 0 unspecified atom stereocenters. The van der Waals surface area contributed by atoms with Gasteiger partial charge in [0.05, 0.1) is 39.4 Å². The van der Waals surface area contributed by atoms with Crippen LogP contribution in [0.4, 0.5) is 0 Å². The van der Waals surface area contributed by atoms with E-state index in [1.165, 1.54) is 38.9 Å². The molecule has 2 aliphatic heterocycles. The monoisotopic (exact) mass is 559 g/mol. The molecule has 0 fully saturated rings. The fourth-order valence-corrected chi connectivity index (χ4v) is 7.28. The number of fused-ring (bicyclic) bond motifs is 8. The maximum atomic E-state index is 10.5. The Morgan fingerprint density at radius 2 is 1.14 bits per heavy atom. The lowest BCUT2D eigenvalue weighted by Crippen LogP contribution is -2.02. The summed E-state index contributed by atoms with van der Waals surface area (Å²) in [5.74, 6) is 0. The molecule has 8 bridgehead atoms. The van der Waals surface area contributed by atoms with Gasteiger partial charge in [-0.25, -0.2) is 9.97 Å². The van der Waals surface area contributed by atoms with Crippen molar-refractivity contribution in [3.63, 3.8) is 0 Å².